The number of ether oxygens (including phenoxy) is 1. The topological polar surface area (TPSA) is 41.6 Å². The molecule has 2 aromatic carbocycles. The van der Waals surface area contributed by atoms with Gasteiger partial charge in [0.2, 0.25) is 5.91 Å². The van der Waals surface area contributed by atoms with Gasteiger partial charge in [0.05, 0.1) is 0 Å². The second kappa shape index (κ2) is 9.38. The number of piperidine rings is 1. The zero-order valence-corrected chi connectivity index (χ0v) is 16.2. The summed E-state index contributed by atoms with van der Waals surface area (Å²) in [4.78, 5) is 14.3. The number of amides is 1. The van der Waals surface area contributed by atoms with E-state index in [9.17, 15) is 4.79 Å². The predicted octanol–water partition coefficient (Wildman–Crippen LogP) is 3.80. The zero-order chi connectivity index (χ0) is 19.1. The number of hydrogen-bond donors (Lipinski definition) is 1. The van der Waals surface area contributed by atoms with Crippen LogP contribution >= 0.6 is 0 Å². The molecule has 4 heteroatoms. The maximum Gasteiger partial charge on any atom is 0.244 e. The van der Waals surface area contributed by atoms with Crippen LogP contribution in [0, 0.1) is 6.92 Å². The van der Waals surface area contributed by atoms with Crippen molar-refractivity contribution in [3.05, 3.63) is 71.3 Å². The molecule has 0 bridgehead atoms. The first-order chi connectivity index (χ1) is 13.1. The summed E-state index contributed by atoms with van der Waals surface area (Å²) in [5.74, 6) is 0.807. The fraction of sp³-hybridized carbons (Fsp3) is 0.348. The maximum absolute atomic E-state index is 12.0. The van der Waals surface area contributed by atoms with Crippen LogP contribution in [-0.4, -0.2) is 37.0 Å². The van der Waals surface area contributed by atoms with Crippen LogP contribution in [0.1, 0.15) is 29.5 Å². The molecule has 0 unspecified atom stereocenters. The second-order valence-electron chi connectivity index (χ2n) is 7.23. The van der Waals surface area contributed by atoms with Gasteiger partial charge in [-0.25, -0.2) is 0 Å². The quantitative estimate of drug-likeness (QED) is 0.793. The van der Waals surface area contributed by atoms with Crippen molar-refractivity contribution in [2.75, 3.05) is 20.1 Å². The van der Waals surface area contributed by atoms with Gasteiger partial charge in [0.1, 0.15) is 11.9 Å². The molecule has 0 aromatic heterocycles. The summed E-state index contributed by atoms with van der Waals surface area (Å²) in [6.45, 7) is 4.73. The average molecular weight is 364 g/mol. The molecule has 0 spiro atoms. The molecule has 1 aliphatic heterocycles. The smallest absolute Gasteiger partial charge is 0.244 e. The van der Waals surface area contributed by atoms with Crippen molar-refractivity contribution in [1.82, 2.24) is 10.2 Å². The van der Waals surface area contributed by atoms with Crippen molar-refractivity contribution >= 4 is 12.0 Å². The number of rotatable bonds is 6. The molecule has 142 valence electrons. The van der Waals surface area contributed by atoms with Gasteiger partial charge in [-0.2, -0.15) is 0 Å². The average Bonchev–Trinajstić information content (AvgIpc) is 2.69. The molecule has 3 rings (SSSR count). The van der Waals surface area contributed by atoms with Gasteiger partial charge in [0.15, 0.2) is 0 Å². The summed E-state index contributed by atoms with van der Waals surface area (Å²) in [6, 6.07) is 16.1. The van der Waals surface area contributed by atoms with E-state index >= 15 is 0 Å². The lowest BCUT2D eigenvalue weighted by molar-refractivity contribution is -0.116. The van der Waals surface area contributed by atoms with Gasteiger partial charge >= 0.3 is 0 Å². The molecule has 0 saturated carbocycles. The summed E-state index contributed by atoms with van der Waals surface area (Å²) in [6.07, 6.45) is 5.84. The van der Waals surface area contributed by atoms with E-state index in [1.54, 1.807) is 6.08 Å². The van der Waals surface area contributed by atoms with Gasteiger partial charge < -0.3 is 15.0 Å². The fourth-order valence-corrected chi connectivity index (χ4v) is 3.08. The van der Waals surface area contributed by atoms with E-state index in [1.807, 2.05) is 61.5 Å². The third-order valence-corrected chi connectivity index (χ3v) is 4.86. The summed E-state index contributed by atoms with van der Waals surface area (Å²) >= 11 is 0. The molecular formula is C23H28N2O2. The van der Waals surface area contributed by atoms with Gasteiger partial charge in [0.25, 0.3) is 0 Å². The summed E-state index contributed by atoms with van der Waals surface area (Å²) < 4.78 is 6.05. The Balaban J connectivity index is 1.44. The third-order valence-electron chi connectivity index (χ3n) is 4.86. The first-order valence-electron chi connectivity index (χ1n) is 9.55. The van der Waals surface area contributed by atoms with Crippen LogP contribution in [0.3, 0.4) is 0 Å². The molecular weight excluding hydrogens is 336 g/mol. The van der Waals surface area contributed by atoms with E-state index < -0.39 is 0 Å². The van der Waals surface area contributed by atoms with E-state index in [-0.39, 0.29) is 5.91 Å². The van der Waals surface area contributed by atoms with E-state index in [0.29, 0.717) is 12.6 Å². The Labute approximate surface area is 161 Å². The van der Waals surface area contributed by atoms with Crippen molar-refractivity contribution in [3.8, 4) is 5.75 Å². The van der Waals surface area contributed by atoms with Gasteiger partial charge in [-0.15, -0.1) is 0 Å². The fourth-order valence-electron chi connectivity index (χ4n) is 3.08. The van der Waals surface area contributed by atoms with Crippen molar-refractivity contribution in [2.45, 2.75) is 32.4 Å². The van der Waals surface area contributed by atoms with Crippen LogP contribution in [0.5, 0.6) is 5.75 Å². The monoisotopic (exact) mass is 364 g/mol. The summed E-state index contributed by atoms with van der Waals surface area (Å²) in [5.41, 5.74) is 3.29. The van der Waals surface area contributed by atoms with Crippen LogP contribution in [0.2, 0.25) is 0 Å². The normalized spacial score (nSPS) is 15.8. The van der Waals surface area contributed by atoms with Crippen molar-refractivity contribution in [3.63, 3.8) is 0 Å². The molecule has 4 nitrogen and oxygen atoms in total. The molecule has 0 radical (unpaired) electrons. The highest BCUT2D eigenvalue weighted by atomic mass is 16.5. The van der Waals surface area contributed by atoms with Crippen LogP contribution < -0.4 is 10.1 Å². The number of nitrogens with one attached hydrogen (secondary N) is 1. The van der Waals surface area contributed by atoms with Crippen molar-refractivity contribution in [1.29, 1.82) is 0 Å². The molecule has 27 heavy (non-hydrogen) atoms. The molecule has 1 fully saturated rings. The number of carbonyl (C=O) groups excluding carboxylic acids is 1. The number of aryl methyl sites for hydroxylation is 1. The van der Waals surface area contributed by atoms with E-state index in [0.717, 1.165) is 42.8 Å². The molecule has 1 saturated heterocycles. The lowest BCUT2D eigenvalue weighted by Crippen LogP contribution is -2.35. The zero-order valence-electron chi connectivity index (χ0n) is 16.2. The molecule has 1 aliphatic rings. The first-order valence-corrected chi connectivity index (χ1v) is 9.55. The van der Waals surface area contributed by atoms with Crippen LogP contribution in [0.25, 0.3) is 6.08 Å². The summed E-state index contributed by atoms with van der Waals surface area (Å²) in [7, 11) is 2.15. The van der Waals surface area contributed by atoms with Crippen LogP contribution in [-0.2, 0) is 11.3 Å². The third kappa shape index (κ3) is 6.26. The highest BCUT2D eigenvalue weighted by Crippen LogP contribution is 2.19. The predicted molar refractivity (Wildman–Crippen MR) is 110 cm³/mol. The second-order valence-corrected chi connectivity index (χ2v) is 7.23. The standard InChI is InChI=1S/C23H28N2O2/c1-18-3-5-19(6-4-18)9-12-23(26)24-17-20-7-10-21(11-8-20)27-22-13-15-25(2)16-14-22/h3-12,22H,13-17H2,1-2H3,(H,24,26)/b12-9+. The molecule has 1 N–H and O–H groups in total. The van der Waals surface area contributed by atoms with Crippen molar-refractivity contribution in [2.24, 2.45) is 0 Å². The Morgan fingerprint density at radius 1 is 1.11 bits per heavy atom. The van der Waals surface area contributed by atoms with Gasteiger partial charge in [-0.05, 0) is 56.1 Å². The molecule has 0 aliphatic carbocycles. The minimum Gasteiger partial charge on any atom is -0.490 e. The largest absolute Gasteiger partial charge is 0.490 e. The SMILES string of the molecule is Cc1ccc(/C=C/C(=O)NCc2ccc(OC3CCN(C)CC3)cc2)cc1. The maximum atomic E-state index is 12.0. The van der Waals surface area contributed by atoms with Gasteiger partial charge in [-0.3, -0.25) is 4.79 Å². The summed E-state index contributed by atoms with van der Waals surface area (Å²) in [5, 5.41) is 2.91. The lowest BCUT2D eigenvalue weighted by Gasteiger charge is -2.29. The van der Waals surface area contributed by atoms with Gasteiger partial charge in [0, 0.05) is 25.7 Å². The van der Waals surface area contributed by atoms with E-state index in [1.165, 1.54) is 5.56 Å². The van der Waals surface area contributed by atoms with Crippen molar-refractivity contribution < 1.29 is 9.53 Å². The number of benzene rings is 2. The van der Waals surface area contributed by atoms with E-state index in [4.69, 9.17) is 4.74 Å². The van der Waals surface area contributed by atoms with Gasteiger partial charge in [-0.1, -0.05) is 42.0 Å². The van der Waals surface area contributed by atoms with E-state index in [2.05, 4.69) is 17.3 Å². The Hall–Kier alpha value is -2.59. The number of carbonyl (C=O) groups is 1. The Morgan fingerprint density at radius 2 is 1.78 bits per heavy atom. The minimum atomic E-state index is -0.0952. The molecule has 1 heterocycles. The van der Waals surface area contributed by atoms with Crippen LogP contribution in [0.15, 0.2) is 54.6 Å². The van der Waals surface area contributed by atoms with Crippen LogP contribution in [0.4, 0.5) is 0 Å². The Morgan fingerprint density at radius 3 is 2.44 bits per heavy atom. The highest BCUT2D eigenvalue weighted by molar-refractivity contribution is 5.91. The molecule has 2 aromatic rings. The molecule has 1 amide bonds. The number of likely N-dealkylation sites (tertiary alicyclic amines) is 1. The first kappa shape index (κ1) is 19.2. The molecule has 0 atom stereocenters. The Bertz CT molecular complexity index is 758. The lowest BCUT2D eigenvalue weighted by atomic mass is 10.1. The Kier molecular flexibility index (Phi) is 6.66. The highest BCUT2D eigenvalue weighted by Gasteiger charge is 2.17. The minimum absolute atomic E-state index is 0.0952. The number of nitrogens with zero attached hydrogens (tertiary/aromatic N) is 1. The number of hydrogen-bond acceptors (Lipinski definition) is 3.